The second-order valence-electron chi connectivity index (χ2n) is 5.06. The Morgan fingerprint density at radius 1 is 1.19 bits per heavy atom. The van der Waals surface area contributed by atoms with Crippen LogP contribution in [0.25, 0.3) is 0 Å². The lowest BCUT2D eigenvalue weighted by atomic mass is 10.1. The molecule has 1 unspecified atom stereocenters. The summed E-state index contributed by atoms with van der Waals surface area (Å²) in [4.78, 5) is 0. The molecule has 0 aromatic rings. The van der Waals surface area contributed by atoms with E-state index in [4.69, 9.17) is 9.47 Å². The Hall–Kier alpha value is -0.120. The maximum atomic E-state index is 5.65. The molecule has 1 aliphatic carbocycles. The van der Waals surface area contributed by atoms with Gasteiger partial charge in [0.1, 0.15) is 0 Å². The zero-order valence-corrected chi connectivity index (χ0v) is 10.2. The Kier molecular flexibility index (Phi) is 5.59. The predicted molar refractivity (Wildman–Crippen MR) is 64.6 cm³/mol. The van der Waals surface area contributed by atoms with Crippen molar-refractivity contribution in [3.8, 4) is 0 Å². The fourth-order valence-electron chi connectivity index (χ4n) is 2.07. The van der Waals surface area contributed by atoms with Crippen molar-refractivity contribution < 1.29 is 9.47 Å². The second kappa shape index (κ2) is 7.25. The van der Waals surface area contributed by atoms with Gasteiger partial charge in [-0.15, -0.1) is 0 Å². The smallest absolute Gasteiger partial charge is 0.0699 e. The van der Waals surface area contributed by atoms with Gasteiger partial charge in [-0.25, -0.2) is 0 Å². The van der Waals surface area contributed by atoms with Crippen LogP contribution in [0, 0.1) is 5.92 Å². The van der Waals surface area contributed by atoms with Gasteiger partial charge in [-0.2, -0.15) is 0 Å². The Balaban J connectivity index is 1.33. The van der Waals surface area contributed by atoms with Gasteiger partial charge in [0.25, 0.3) is 0 Å². The van der Waals surface area contributed by atoms with Crippen molar-refractivity contribution >= 4 is 0 Å². The molecule has 16 heavy (non-hydrogen) atoms. The number of hydrogen-bond donors (Lipinski definition) is 1. The summed E-state index contributed by atoms with van der Waals surface area (Å²) in [6, 6.07) is 0. The summed E-state index contributed by atoms with van der Waals surface area (Å²) in [7, 11) is 0. The minimum absolute atomic E-state index is 0.459. The quantitative estimate of drug-likeness (QED) is 0.643. The Bertz CT molecular complexity index is 177. The van der Waals surface area contributed by atoms with Crippen LogP contribution in [-0.2, 0) is 9.47 Å². The van der Waals surface area contributed by atoms with E-state index in [1.165, 1.54) is 32.1 Å². The first kappa shape index (κ1) is 12.3. The predicted octanol–water partition coefficient (Wildman–Crippen LogP) is 1.96. The van der Waals surface area contributed by atoms with Gasteiger partial charge < -0.3 is 14.8 Å². The Labute approximate surface area is 98.9 Å². The Morgan fingerprint density at radius 3 is 2.88 bits per heavy atom. The SMILES string of the molecule is C(CNCC1CCCCO1)COCC1CC1. The van der Waals surface area contributed by atoms with Gasteiger partial charge >= 0.3 is 0 Å². The van der Waals surface area contributed by atoms with Gasteiger partial charge in [-0.05, 0) is 51.0 Å². The third-order valence-electron chi connectivity index (χ3n) is 3.34. The summed E-state index contributed by atoms with van der Waals surface area (Å²) < 4.78 is 11.2. The first-order chi connectivity index (χ1) is 7.95. The van der Waals surface area contributed by atoms with Crippen molar-refractivity contribution in [1.82, 2.24) is 5.32 Å². The van der Waals surface area contributed by atoms with Crippen molar-refractivity contribution in [3.63, 3.8) is 0 Å². The summed E-state index contributed by atoms with van der Waals surface area (Å²) in [5.74, 6) is 0.892. The molecule has 0 amide bonds. The molecule has 1 atom stereocenters. The normalized spacial score (nSPS) is 25.9. The van der Waals surface area contributed by atoms with Gasteiger partial charge in [0.05, 0.1) is 6.10 Å². The van der Waals surface area contributed by atoms with Crippen molar-refractivity contribution in [2.45, 2.75) is 44.6 Å². The zero-order valence-electron chi connectivity index (χ0n) is 10.2. The molecule has 2 aliphatic rings. The molecule has 2 rings (SSSR count). The van der Waals surface area contributed by atoms with Gasteiger partial charge in [-0.1, -0.05) is 0 Å². The maximum absolute atomic E-state index is 5.65. The van der Waals surface area contributed by atoms with E-state index in [0.29, 0.717) is 6.10 Å². The summed E-state index contributed by atoms with van der Waals surface area (Å²) >= 11 is 0. The largest absolute Gasteiger partial charge is 0.381 e. The highest BCUT2D eigenvalue weighted by Gasteiger charge is 2.20. The summed E-state index contributed by atoms with van der Waals surface area (Å²) in [5.41, 5.74) is 0. The summed E-state index contributed by atoms with van der Waals surface area (Å²) in [6.07, 6.45) is 8.16. The lowest BCUT2D eigenvalue weighted by Gasteiger charge is -2.22. The van der Waals surface area contributed by atoms with E-state index >= 15 is 0 Å². The first-order valence-electron chi connectivity index (χ1n) is 6.85. The van der Waals surface area contributed by atoms with Crippen LogP contribution in [0.4, 0.5) is 0 Å². The maximum Gasteiger partial charge on any atom is 0.0699 e. The molecule has 0 bridgehead atoms. The van der Waals surface area contributed by atoms with E-state index < -0.39 is 0 Å². The van der Waals surface area contributed by atoms with Crippen LogP contribution in [0.15, 0.2) is 0 Å². The van der Waals surface area contributed by atoms with E-state index in [0.717, 1.165) is 45.2 Å². The molecule has 0 spiro atoms. The summed E-state index contributed by atoms with van der Waals surface area (Å²) in [5, 5.41) is 3.45. The average Bonchev–Trinajstić information content (AvgIpc) is 3.13. The van der Waals surface area contributed by atoms with Gasteiger partial charge in [0.2, 0.25) is 0 Å². The molecular formula is C13H25NO2. The lowest BCUT2D eigenvalue weighted by molar-refractivity contribution is 0.0166. The molecule has 3 heteroatoms. The van der Waals surface area contributed by atoms with Crippen LogP contribution < -0.4 is 5.32 Å². The molecular weight excluding hydrogens is 202 g/mol. The van der Waals surface area contributed by atoms with Crippen LogP contribution in [0.2, 0.25) is 0 Å². The minimum Gasteiger partial charge on any atom is -0.381 e. The van der Waals surface area contributed by atoms with Crippen LogP contribution in [0.3, 0.4) is 0 Å². The van der Waals surface area contributed by atoms with E-state index in [1.54, 1.807) is 0 Å². The molecule has 3 nitrogen and oxygen atoms in total. The minimum atomic E-state index is 0.459. The van der Waals surface area contributed by atoms with Crippen molar-refractivity contribution in [2.24, 2.45) is 5.92 Å². The second-order valence-corrected chi connectivity index (χ2v) is 5.06. The third kappa shape index (κ3) is 5.28. The van der Waals surface area contributed by atoms with Crippen molar-refractivity contribution in [1.29, 1.82) is 0 Å². The zero-order chi connectivity index (χ0) is 11.1. The third-order valence-corrected chi connectivity index (χ3v) is 3.34. The van der Waals surface area contributed by atoms with Gasteiger partial charge in [-0.3, -0.25) is 0 Å². The lowest BCUT2D eigenvalue weighted by Crippen LogP contribution is -2.32. The van der Waals surface area contributed by atoms with E-state index in [9.17, 15) is 0 Å². The van der Waals surface area contributed by atoms with E-state index in [2.05, 4.69) is 5.32 Å². The molecule has 2 fully saturated rings. The first-order valence-corrected chi connectivity index (χ1v) is 6.85. The van der Waals surface area contributed by atoms with Gasteiger partial charge in [0, 0.05) is 26.4 Å². The van der Waals surface area contributed by atoms with Gasteiger partial charge in [0.15, 0.2) is 0 Å². The molecule has 1 saturated heterocycles. The van der Waals surface area contributed by atoms with Crippen LogP contribution in [0.5, 0.6) is 0 Å². The monoisotopic (exact) mass is 227 g/mol. The van der Waals surface area contributed by atoms with E-state index in [-0.39, 0.29) is 0 Å². The van der Waals surface area contributed by atoms with Crippen molar-refractivity contribution in [2.75, 3.05) is 32.9 Å². The molecule has 0 aromatic carbocycles. The molecule has 94 valence electrons. The van der Waals surface area contributed by atoms with Crippen molar-refractivity contribution in [3.05, 3.63) is 0 Å². The highest BCUT2D eigenvalue weighted by molar-refractivity contribution is 4.72. The number of rotatable bonds is 8. The highest BCUT2D eigenvalue weighted by atomic mass is 16.5. The molecule has 1 aliphatic heterocycles. The average molecular weight is 227 g/mol. The molecule has 1 N–H and O–H groups in total. The molecule has 1 heterocycles. The number of ether oxygens (including phenoxy) is 2. The van der Waals surface area contributed by atoms with Crippen LogP contribution in [-0.4, -0.2) is 39.0 Å². The summed E-state index contributed by atoms with van der Waals surface area (Å²) in [6.45, 7) is 4.94. The standard InChI is InChI=1S/C13H25NO2/c1-2-9-16-13(4-1)10-14-7-3-8-15-11-12-5-6-12/h12-14H,1-11H2. The van der Waals surface area contributed by atoms with E-state index in [1.807, 2.05) is 0 Å². The number of nitrogens with one attached hydrogen (secondary N) is 1. The highest BCUT2D eigenvalue weighted by Crippen LogP contribution is 2.28. The molecule has 0 aromatic heterocycles. The Morgan fingerprint density at radius 2 is 2.12 bits per heavy atom. The number of hydrogen-bond acceptors (Lipinski definition) is 3. The van der Waals surface area contributed by atoms with Crippen LogP contribution >= 0.6 is 0 Å². The fraction of sp³-hybridized carbons (Fsp3) is 1.00. The fourth-order valence-corrected chi connectivity index (χ4v) is 2.07. The molecule has 1 saturated carbocycles. The topological polar surface area (TPSA) is 30.5 Å². The van der Waals surface area contributed by atoms with Crippen LogP contribution in [0.1, 0.15) is 38.5 Å². The molecule has 0 radical (unpaired) electrons.